The van der Waals surface area contributed by atoms with Gasteiger partial charge in [0.25, 0.3) is 0 Å². The predicted octanol–water partition coefficient (Wildman–Crippen LogP) is 2.57. The van der Waals surface area contributed by atoms with Crippen LogP contribution in [0.15, 0.2) is 12.1 Å². The van der Waals surface area contributed by atoms with Crippen molar-refractivity contribution in [3.05, 3.63) is 23.3 Å². The van der Waals surface area contributed by atoms with Crippen molar-refractivity contribution < 1.29 is 24.1 Å². The Morgan fingerprint density at radius 1 is 1.48 bits per heavy atom. The van der Waals surface area contributed by atoms with Gasteiger partial charge in [-0.25, -0.2) is 0 Å². The lowest BCUT2D eigenvalue weighted by Crippen LogP contribution is -2.18. The van der Waals surface area contributed by atoms with Gasteiger partial charge >= 0.3 is 5.97 Å². The van der Waals surface area contributed by atoms with Crippen LogP contribution in [-0.4, -0.2) is 30.4 Å². The van der Waals surface area contributed by atoms with E-state index in [1.807, 2.05) is 26.0 Å². The minimum absolute atomic E-state index is 0.143. The highest BCUT2D eigenvalue weighted by Gasteiger charge is 2.38. The molecule has 3 unspecified atom stereocenters. The summed E-state index contributed by atoms with van der Waals surface area (Å²) in [5.41, 5.74) is 1.90. The third-order valence-corrected chi connectivity index (χ3v) is 4.04. The molecule has 0 spiro atoms. The smallest absolute Gasteiger partial charge is 0.309 e. The summed E-state index contributed by atoms with van der Waals surface area (Å²) in [6.07, 6.45) is 1.06. The van der Waals surface area contributed by atoms with Gasteiger partial charge in [-0.2, -0.15) is 0 Å². The van der Waals surface area contributed by atoms with Crippen LogP contribution in [0.3, 0.4) is 0 Å². The molecule has 0 aromatic heterocycles. The van der Waals surface area contributed by atoms with E-state index in [0.29, 0.717) is 25.4 Å². The molecule has 0 saturated carbocycles. The third-order valence-electron chi connectivity index (χ3n) is 4.04. The number of benzene rings is 1. The quantitative estimate of drug-likeness (QED) is 0.924. The Morgan fingerprint density at radius 2 is 2.29 bits per heavy atom. The van der Waals surface area contributed by atoms with E-state index in [0.717, 1.165) is 23.3 Å². The third kappa shape index (κ3) is 2.58. The number of carboxylic acids is 1. The summed E-state index contributed by atoms with van der Waals surface area (Å²) < 4.78 is 17.2. The average Bonchev–Trinajstić information content (AvgIpc) is 3.02. The molecule has 1 fully saturated rings. The zero-order chi connectivity index (χ0) is 15.0. The molecule has 1 aromatic rings. The van der Waals surface area contributed by atoms with Gasteiger partial charge in [-0.15, -0.1) is 0 Å². The average molecular weight is 292 g/mol. The fourth-order valence-corrected chi connectivity index (χ4v) is 3.11. The zero-order valence-corrected chi connectivity index (χ0v) is 12.3. The van der Waals surface area contributed by atoms with E-state index in [2.05, 4.69) is 0 Å². The molecule has 21 heavy (non-hydrogen) atoms. The van der Waals surface area contributed by atoms with E-state index >= 15 is 0 Å². The SMILES string of the molecule is CCOc1cc2c(cc1C1OCCC1C(=O)O)OC(C)C2. The summed E-state index contributed by atoms with van der Waals surface area (Å²) in [5.74, 6) is 0.184. The summed E-state index contributed by atoms with van der Waals surface area (Å²) in [6.45, 7) is 4.93. The van der Waals surface area contributed by atoms with Crippen LogP contribution in [0.5, 0.6) is 11.5 Å². The molecule has 1 saturated heterocycles. The van der Waals surface area contributed by atoms with Crippen molar-refractivity contribution in [3.8, 4) is 11.5 Å². The van der Waals surface area contributed by atoms with Gasteiger partial charge in [0, 0.05) is 24.2 Å². The van der Waals surface area contributed by atoms with Gasteiger partial charge in [-0.05, 0) is 32.4 Å². The van der Waals surface area contributed by atoms with Gasteiger partial charge in [-0.1, -0.05) is 0 Å². The van der Waals surface area contributed by atoms with E-state index in [4.69, 9.17) is 14.2 Å². The Hall–Kier alpha value is -1.75. The first kappa shape index (κ1) is 14.2. The Morgan fingerprint density at radius 3 is 3.00 bits per heavy atom. The van der Waals surface area contributed by atoms with Gasteiger partial charge in [0.1, 0.15) is 17.6 Å². The van der Waals surface area contributed by atoms with E-state index in [9.17, 15) is 9.90 Å². The van der Waals surface area contributed by atoms with Crippen molar-refractivity contribution in [1.82, 2.24) is 0 Å². The minimum atomic E-state index is -0.824. The molecule has 0 radical (unpaired) electrons. The Bertz CT molecular complexity index is 554. The first-order chi connectivity index (χ1) is 10.1. The van der Waals surface area contributed by atoms with Crippen LogP contribution in [0.25, 0.3) is 0 Å². The van der Waals surface area contributed by atoms with E-state index in [1.165, 1.54) is 0 Å². The minimum Gasteiger partial charge on any atom is -0.493 e. The first-order valence-electron chi connectivity index (χ1n) is 7.40. The van der Waals surface area contributed by atoms with E-state index < -0.39 is 18.0 Å². The molecule has 1 aromatic carbocycles. The molecule has 3 rings (SSSR count). The number of carbonyl (C=O) groups is 1. The second-order valence-electron chi connectivity index (χ2n) is 5.59. The molecule has 114 valence electrons. The topological polar surface area (TPSA) is 65.0 Å². The van der Waals surface area contributed by atoms with Crippen molar-refractivity contribution in [2.75, 3.05) is 13.2 Å². The number of ether oxygens (including phenoxy) is 3. The molecule has 0 aliphatic carbocycles. The number of carboxylic acid groups (broad SMARTS) is 1. The fourth-order valence-electron chi connectivity index (χ4n) is 3.11. The van der Waals surface area contributed by atoms with Crippen LogP contribution < -0.4 is 9.47 Å². The lowest BCUT2D eigenvalue weighted by Gasteiger charge is -2.20. The summed E-state index contributed by atoms with van der Waals surface area (Å²) in [4.78, 5) is 11.4. The van der Waals surface area contributed by atoms with E-state index in [1.54, 1.807) is 0 Å². The molecule has 5 heteroatoms. The van der Waals surface area contributed by atoms with Gasteiger partial charge in [0.05, 0.1) is 18.6 Å². The monoisotopic (exact) mass is 292 g/mol. The van der Waals surface area contributed by atoms with Crippen molar-refractivity contribution >= 4 is 5.97 Å². The molecular weight excluding hydrogens is 272 g/mol. The largest absolute Gasteiger partial charge is 0.493 e. The number of hydrogen-bond acceptors (Lipinski definition) is 4. The molecule has 2 aliphatic rings. The van der Waals surface area contributed by atoms with Gasteiger partial charge in [0.2, 0.25) is 0 Å². The van der Waals surface area contributed by atoms with Crippen molar-refractivity contribution in [2.45, 2.75) is 38.9 Å². The second kappa shape index (κ2) is 5.56. The number of aliphatic carboxylic acids is 1. The van der Waals surface area contributed by atoms with Crippen LogP contribution in [0.2, 0.25) is 0 Å². The highest BCUT2D eigenvalue weighted by molar-refractivity contribution is 5.72. The van der Waals surface area contributed by atoms with Crippen LogP contribution in [0, 0.1) is 5.92 Å². The molecule has 1 N–H and O–H groups in total. The molecular formula is C16H20O5. The van der Waals surface area contributed by atoms with Gasteiger partial charge in [-0.3, -0.25) is 4.79 Å². The highest BCUT2D eigenvalue weighted by atomic mass is 16.5. The Labute approximate surface area is 123 Å². The molecule has 3 atom stereocenters. The zero-order valence-electron chi connectivity index (χ0n) is 12.3. The van der Waals surface area contributed by atoms with Crippen LogP contribution in [0.1, 0.15) is 37.5 Å². The number of rotatable bonds is 4. The van der Waals surface area contributed by atoms with Crippen molar-refractivity contribution in [3.63, 3.8) is 0 Å². The number of fused-ring (bicyclic) bond motifs is 1. The molecule has 2 heterocycles. The lowest BCUT2D eigenvalue weighted by molar-refractivity contribution is -0.143. The van der Waals surface area contributed by atoms with Crippen LogP contribution in [0.4, 0.5) is 0 Å². The van der Waals surface area contributed by atoms with Crippen molar-refractivity contribution in [2.24, 2.45) is 5.92 Å². The summed E-state index contributed by atoms with van der Waals surface area (Å²) >= 11 is 0. The summed E-state index contributed by atoms with van der Waals surface area (Å²) in [6, 6.07) is 3.87. The predicted molar refractivity (Wildman–Crippen MR) is 75.8 cm³/mol. The van der Waals surface area contributed by atoms with Crippen LogP contribution >= 0.6 is 0 Å². The standard InChI is InChI=1S/C16H20O5/c1-3-19-14-7-10-6-9(2)21-13(10)8-12(14)15-11(16(17)18)4-5-20-15/h7-9,11,15H,3-6H2,1-2H3,(H,17,18). The maximum Gasteiger partial charge on any atom is 0.309 e. The summed E-state index contributed by atoms with van der Waals surface area (Å²) in [7, 11) is 0. The van der Waals surface area contributed by atoms with Crippen LogP contribution in [-0.2, 0) is 16.0 Å². The second-order valence-corrected chi connectivity index (χ2v) is 5.59. The molecule has 0 bridgehead atoms. The highest BCUT2D eigenvalue weighted by Crippen LogP contribution is 2.43. The van der Waals surface area contributed by atoms with Crippen molar-refractivity contribution in [1.29, 1.82) is 0 Å². The molecule has 5 nitrogen and oxygen atoms in total. The molecule has 0 amide bonds. The van der Waals surface area contributed by atoms with Gasteiger partial charge < -0.3 is 19.3 Å². The fraction of sp³-hybridized carbons (Fsp3) is 0.562. The molecule has 2 aliphatic heterocycles. The first-order valence-corrected chi connectivity index (χ1v) is 7.40. The summed E-state index contributed by atoms with van der Waals surface area (Å²) in [5, 5.41) is 9.35. The lowest BCUT2D eigenvalue weighted by atomic mass is 9.93. The Balaban J connectivity index is 2.00. The maximum absolute atomic E-state index is 11.4. The number of hydrogen-bond donors (Lipinski definition) is 1. The normalized spacial score (nSPS) is 27.2. The van der Waals surface area contributed by atoms with Gasteiger partial charge in [0.15, 0.2) is 0 Å². The Kier molecular flexibility index (Phi) is 3.76. The van der Waals surface area contributed by atoms with E-state index in [-0.39, 0.29) is 6.10 Å². The maximum atomic E-state index is 11.4.